The number of carbonyl (C=O) groups excluding carboxylic acids is 1. The molecule has 0 unspecified atom stereocenters. The van der Waals surface area contributed by atoms with Crippen molar-refractivity contribution < 1.29 is 14.4 Å². The van der Waals surface area contributed by atoms with Crippen LogP contribution in [0, 0.1) is 0 Å². The lowest BCUT2D eigenvalue weighted by Crippen LogP contribution is -2.04. The van der Waals surface area contributed by atoms with E-state index in [0.29, 0.717) is 0 Å². The first-order valence-electron chi connectivity index (χ1n) is 5.03. The van der Waals surface area contributed by atoms with Gasteiger partial charge in [0.1, 0.15) is 6.61 Å². The van der Waals surface area contributed by atoms with Crippen LogP contribution in [0.2, 0.25) is 0 Å². The van der Waals surface area contributed by atoms with Crippen LogP contribution < -0.4 is 0 Å². The number of carbonyl (C=O) groups is 1. The summed E-state index contributed by atoms with van der Waals surface area (Å²) in [5.41, 5.74) is 1.78. The van der Waals surface area contributed by atoms with Gasteiger partial charge in [0.25, 0.3) is 0 Å². The van der Waals surface area contributed by atoms with Crippen molar-refractivity contribution in [2.75, 3.05) is 13.7 Å². The van der Waals surface area contributed by atoms with Gasteiger partial charge in [-0.3, -0.25) is 4.79 Å². The molecule has 0 N–H and O–H groups in total. The lowest BCUT2D eigenvalue weighted by atomic mass is 10.1. The maximum atomic E-state index is 10.8. The summed E-state index contributed by atoms with van der Waals surface area (Å²) in [4.78, 5) is 15.8. The molecule has 0 aliphatic heterocycles. The van der Waals surface area contributed by atoms with Gasteiger partial charge in [-0.05, 0) is 12.5 Å². The Bertz CT molecular complexity index is 360. The van der Waals surface area contributed by atoms with Crippen molar-refractivity contribution in [1.82, 2.24) is 0 Å². The molecule has 0 saturated heterocycles. The van der Waals surface area contributed by atoms with Crippen molar-refractivity contribution in [1.29, 1.82) is 0 Å². The molecule has 0 saturated carbocycles. The standard InChI is InChI=1S/C12H15NO3/c1-10(11-6-4-3-5-7-11)13-16-9-8-12(14)15-2/h3-7H,8-9H2,1-2H3/b13-10+. The second-order valence-electron chi connectivity index (χ2n) is 3.20. The zero-order valence-electron chi connectivity index (χ0n) is 9.47. The van der Waals surface area contributed by atoms with Crippen LogP contribution >= 0.6 is 0 Å². The Hall–Kier alpha value is -1.84. The lowest BCUT2D eigenvalue weighted by Gasteiger charge is -2.01. The van der Waals surface area contributed by atoms with E-state index in [2.05, 4.69) is 9.89 Å². The average molecular weight is 221 g/mol. The van der Waals surface area contributed by atoms with Crippen molar-refractivity contribution in [3.8, 4) is 0 Å². The predicted molar refractivity (Wildman–Crippen MR) is 61.2 cm³/mol. The van der Waals surface area contributed by atoms with Gasteiger partial charge in [0, 0.05) is 0 Å². The molecule has 0 aliphatic carbocycles. The van der Waals surface area contributed by atoms with Gasteiger partial charge in [-0.1, -0.05) is 35.5 Å². The molecule has 0 radical (unpaired) electrons. The quantitative estimate of drug-likeness (QED) is 0.330. The molecule has 0 bridgehead atoms. The van der Waals surface area contributed by atoms with Crippen molar-refractivity contribution >= 4 is 11.7 Å². The number of methoxy groups -OCH3 is 1. The molecule has 0 amide bonds. The highest BCUT2D eigenvalue weighted by Crippen LogP contribution is 2.01. The molecule has 0 atom stereocenters. The van der Waals surface area contributed by atoms with Crippen molar-refractivity contribution in [3.63, 3.8) is 0 Å². The number of benzene rings is 1. The fraction of sp³-hybridized carbons (Fsp3) is 0.333. The third-order valence-corrected chi connectivity index (χ3v) is 2.02. The summed E-state index contributed by atoms with van der Waals surface area (Å²) < 4.78 is 4.47. The maximum Gasteiger partial charge on any atom is 0.309 e. The molecule has 0 heterocycles. The van der Waals surface area contributed by atoms with Gasteiger partial charge in [0.15, 0.2) is 0 Å². The Labute approximate surface area is 94.9 Å². The lowest BCUT2D eigenvalue weighted by molar-refractivity contribution is -0.141. The van der Waals surface area contributed by atoms with E-state index in [4.69, 9.17) is 4.84 Å². The fourth-order valence-electron chi connectivity index (χ4n) is 1.11. The first-order chi connectivity index (χ1) is 7.74. The monoisotopic (exact) mass is 221 g/mol. The smallest absolute Gasteiger partial charge is 0.309 e. The normalized spacial score (nSPS) is 11.0. The summed E-state index contributed by atoms with van der Waals surface area (Å²) in [7, 11) is 1.35. The molecule has 0 aliphatic rings. The number of rotatable bonds is 5. The van der Waals surface area contributed by atoms with Crippen LogP contribution in [0.25, 0.3) is 0 Å². The van der Waals surface area contributed by atoms with Gasteiger partial charge in [-0.15, -0.1) is 0 Å². The first kappa shape index (κ1) is 12.2. The molecule has 0 spiro atoms. The van der Waals surface area contributed by atoms with Crippen LogP contribution in [0.1, 0.15) is 18.9 Å². The molecule has 1 aromatic carbocycles. The van der Waals surface area contributed by atoms with Crippen LogP contribution in [-0.2, 0) is 14.4 Å². The van der Waals surface area contributed by atoms with E-state index in [9.17, 15) is 4.79 Å². The van der Waals surface area contributed by atoms with Crippen LogP contribution in [-0.4, -0.2) is 25.4 Å². The Kier molecular flexibility index (Phi) is 5.05. The van der Waals surface area contributed by atoms with Gasteiger partial charge >= 0.3 is 5.97 Å². The summed E-state index contributed by atoms with van der Waals surface area (Å²) in [6.45, 7) is 2.09. The minimum Gasteiger partial charge on any atom is -0.469 e. The molecular formula is C12H15NO3. The summed E-state index contributed by atoms with van der Waals surface area (Å²) in [5.74, 6) is -0.299. The van der Waals surface area contributed by atoms with Crippen LogP contribution in [0.3, 0.4) is 0 Å². The van der Waals surface area contributed by atoms with Crippen molar-refractivity contribution in [2.24, 2.45) is 5.16 Å². The predicted octanol–water partition coefficient (Wildman–Crippen LogP) is 1.99. The Morgan fingerprint density at radius 1 is 1.31 bits per heavy atom. The Morgan fingerprint density at radius 2 is 2.00 bits per heavy atom. The van der Waals surface area contributed by atoms with E-state index < -0.39 is 0 Å². The zero-order chi connectivity index (χ0) is 11.8. The number of esters is 1. The summed E-state index contributed by atoms with van der Waals surface area (Å²) in [5, 5.41) is 3.91. The molecule has 0 aromatic heterocycles. The number of ether oxygens (including phenoxy) is 1. The van der Waals surface area contributed by atoms with Gasteiger partial charge < -0.3 is 9.57 Å². The van der Waals surface area contributed by atoms with Crippen molar-refractivity contribution in [3.05, 3.63) is 35.9 Å². The number of oxime groups is 1. The average Bonchev–Trinajstić information content (AvgIpc) is 2.35. The minimum atomic E-state index is -0.299. The molecule has 4 heteroatoms. The van der Waals surface area contributed by atoms with Crippen LogP contribution in [0.4, 0.5) is 0 Å². The van der Waals surface area contributed by atoms with Gasteiger partial charge in [-0.25, -0.2) is 0 Å². The zero-order valence-corrected chi connectivity index (χ0v) is 9.47. The van der Waals surface area contributed by atoms with E-state index in [1.165, 1.54) is 7.11 Å². The molecule has 16 heavy (non-hydrogen) atoms. The molecule has 86 valence electrons. The molecule has 4 nitrogen and oxygen atoms in total. The van der Waals surface area contributed by atoms with E-state index in [1.54, 1.807) is 0 Å². The SMILES string of the molecule is COC(=O)CCO/N=C(\C)c1ccccc1. The molecule has 1 aromatic rings. The fourth-order valence-corrected chi connectivity index (χ4v) is 1.11. The summed E-state index contributed by atoms with van der Waals surface area (Å²) in [6, 6.07) is 9.70. The van der Waals surface area contributed by atoms with Crippen LogP contribution in [0.5, 0.6) is 0 Å². The minimum absolute atomic E-state index is 0.210. The number of nitrogens with zero attached hydrogens (tertiary/aromatic N) is 1. The number of hydrogen-bond donors (Lipinski definition) is 0. The van der Waals surface area contributed by atoms with E-state index in [0.717, 1.165) is 11.3 Å². The molecule has 0 fully saturated rings. The third kappa shape index (κ3) is 4.13. The van der Waals surface area contributed by atoms with Crippen molar-refractivity contribution in [2.45, 2.75) is 13.3 Å². The largest absolute Gasteiger partial charge is 0.469 e. The van der Waals surface area contributed by atoms with E-state index in [-0.39, 0.29) is 19.0 Å². The summed E-state index contributed by atoms with van der Waals surface area (Å²) >= 11 is 0. The van der Waals surface area contributed by atoms with Crippen LogP contribution in [0.15, 0.2) is 35.5 Å². The van der Waals surface area contributed by atoms with E-state index >= 15 is 0 Å². The highest BCUT2D eigenvalue weighted by molar-refractivity contribution is 5.98. The maximum absolute atomic E-state index is 10.8. The highest BCUT2D eigenvalue weighted by Gasteiger charge is 2.00. The Morgan fingerprint density at radius 3 is 2.62 bits per heavy atom. The second kappa shape index (κ2) is 6.61. The summed E-state index contributed by atoms with van der Waals surface area (Å²) in [6.07, 6.45) is 0.210. The molecule has 1 rings (SSSR count). The third-order valence-electron chi connectivity index (χ3n) is 2.02. The first-order valence-corrected chi connectivity index (χ1v) is 5.03. The second-order valence-corrected chi connectivity index (χ2v) is 3.20. The molecular weight excluding hydrogens is 206 g/mol. The Balaban J connectivity index is 2.38. The van der Waals surface area contributed by atoms with Gasteiger partial charge in [0.2, 0.25) is 0 Å². The topological polar surface area (TPSA) is 47.9 Å². The number of hydrogen-bond acceptors (Lipinski definition) is 4. The van der Waals surface area contributed by atoms with E-state index in [1.807, 2.05) is 37.3 Å². The van der Waals surface area contributed by atoms with Gasteiger partial charge in [0.05, 0.1) is 19.2 Å². The van der Waals surface area contributed by atoms with Gasteiger partial charge in [-0.2, -0.15) is 0 Å². The highest BCUT2D eigenvalue weighted by atomic mass is 16.6.